The van der Waals surface area contributed by atoms with Crippen molar-refractivity contribution < 1.29 is 28.7 Å². The van der Waals surface area contributed by atoms with E-state index in [1.54, 1.807) is 76.2 Å². The molecule has 2 N–H and O–H groups in total. The van der Waals surface area contributed by atoms with Gasteiger partial charge < -0.3 is 20.1 Å². The van der Waals surface area contributed by atoms with Crippen LogP contribution in [-0.4, -0.2) is 49.1 Å². The van der Waals surface area contributed by atoms with Gasteiger partial charge in [0.25, 0.3) is 0 Å². The van der Waals surface area contributed by atoms with E-state index in [2.05, 4.69) is 10.6 Å². The van der Waals surface area contributed by atoms with Crippen molar-refractivity contribution in [3.8, 4) is 0 Å². The second-order valence-electron chi connectivity index (χ2n) is 8.42. The van der Waals surface area contributed by atoms with Crippen molar-refractivity contribution in [1.82, 2.24) is 10.6 Å². The molecule has 0 aliphatic rings. The topological polar surface area (TPSA) is 111 Å². The maximum atomic E-state index is 12.6. The molecule has 1 unspecified atom stereocenters. The van der Waals surface area contributed by atoms with Crippen molar-refractivity contribution in [3.63, 3.8) is 0 Å². The van der Waals surface area contributed by atoms with Crippen LogP contribution in [0.3, 0.4) is 0 Å². The summed E-state index contributed by atoms with van der Waals surface area (Å²) in [6.45, 7) is 6.68. The normalized spacial score (nSPS) is 11.8. The molecule has 0 heterocycles. The van der Waals surface area contributed by atoms with Gasteiger partial charge >= 0.3 is 12.1 Å². The molecule has 176 valence electrons. The highest BCUT2D eigenvalue weighted by atomic mass is 16.6. The fourth-order valence-electron chi connectivity index (χ4n) is 2.84. The number of ketones is 1. The van der Waals surface area contributed by atoms with Crippen LogP contribution in [0.2, 0.25) is 0 Å². The number of benzene rings is 2. The van der Waals surface area contributed by atoms with Crippen molar-refractivity contribution in [3.05, 3.63) is 71.3 Å². The third kappa shape index (κ3) is 8.76. The number of hydrogen-bond acceptors (Lipinski definition) is 6. The van der Waals surface area contributed by atoms with Crippen LogP contribution in [0.15, 0.2) is 54.6 Å². The van der Waals surface area contributed by atoms with E-state index < -0.39 is 29.5 Å². The number of esters is 1. The highest BCUT2D eigenvalue weighted by molar-refractivity contribution is 6.09. The SMILES string of the molecule is CC(C(=O)OCCNC(=O)CNC(=O)OC(C)(C)C)c1cccc(C(=O)c2ccccc2)c1. The summed E-state index contributed by atoms with van der Waals surface area (Å²) in [7, 11) is 0. The maximum absolute atomic E-state index is 12.6. The van der Waals surface area contributed by atoms with Gasteiger partial charge in [0.1, 0.15) is 12.2 Å². The van der Waals surface area contributed by atoms with Gasteiger partial charge in [0.15, 0.2) is 5.78 Å². The Morgan fingerprint density at radius 2 is 1.58 bits per heavy atom. The molecule has 0 bridgehead atoms. The fourth-order valence-corrected chi connectivity index (χ4v) is 2.84. The maximum Gasteiger partial charge on any atom is 0.408 e. The van der Waals surface area contributed by atoms with Crippen LogP contribution in [0.4, 0.5) is 4.79 Å². The van der Waals surface area contributed by atoms with E-state index >= 15 is 0 Å². The second kappa shape index (κ2) is 11.8. The van der Waals surface area contributed by atoms with E-state index in [0.717, 1.165) is 0 Å². The Morgan fingerprint density at radius 1 is 0.909 bits per heavy atom. The highest BCUT2D eigenvalue weighted by Crippen LogP contribution is 2.20. The molecule has 0 saturated carbocycles. The van der Waals surface area contributed by atoms with E-state index in [1.165, 1.54) is 0 Å². The number of rotatable bonds is 9. The van der Waals surface area contributed by atoms with Gasteiger partial charge in [-0.15, -0.1) is 0 Å². The number of nitrogens with one attached hydrogen (secondary N) is 2. The number of hydrogen-bond donors (Lipinski definition) is 2. The Kier molecular flexibility index (Phi) is 9.15. The molecule has 0 aliphatic carbocycles. The summed E-state index contributed by atoms with van der Waals surface area (Å²) in [5.74, 6) is -1.61. The predicted molar refractivity (Wildman–Crippen MR) is 123 cm³/mol. The van der Waals surface area contributed by atoms with Gasteiger partial charge in [0.2, 0.25) is 5.91 Å². The van der Waals surface area contributed by atoms with Gasteiger partial charge in [-0.2, -0.15) is 0 Å². The summed E-state index contributed by atoms with van der Waals surface area (Å²) in [6.07, 6.45) is -0.689. The molecule has 0 fully saturated rings. The number of ether oxygens (including phenoxy) is 2. The molecule has 2 rings (SSSR count). The lowest BCUT2D eigenvalue weighted by atomic mass is 9.96. The lowest BCUT2D eigenvalue weighted by Crippen LogP contribution is -2.40. The Bertz CT molecular complexity index is 982. The highest BCUT2D eigenvalue weighted by Gasteiger charge is 2.19. The van der Waals surface area contributed by atoms with Crippen molar-refractivity contribution in [2.75, 3.05) is 19.7 Å². The zero-order chi connectivity index (χ0) is 24.4. The molecule has 1 atom stereocenters. The van der Waals surface area contributed by atoms with Crippen LogP contribution in [-0.2, 0) is 19.1 Å². The van der Waals surface area contributed by atoms with Crippen molar-refractivity contribution in [1.29, 1.82) is 0 Å². The van der Waals surface area contributed by atoms with Gasteiger partial charge in [-0.25, -0.2) is 4.79 Å². The minimum Gasteiger partial charge on any atom is -0.463 e. The predicted octanol–water partition coefficient (Wildman–Crippen LogP) is 3.21. The van der Waals surface area contributed by atoms with E-state index in [0.29, 0.717) is 16.7 Å². The van der Waals surface area contributed by atoms with Crippen molar-refractivity contribution in [2.45, 2.75) is 39.2 Å². The Hall–Kier alpha value is -3.68. The summed E-state index contributed by atoms with van der Waals surface area (Å²) in [5.41, 5.74) is 1.07. The van der Waals surface area contributed by atoms with Crippen molar-refractivity contribution in [2.24, 2.45) is 0 Å². The summed E-state index contributed by atoms with van der Waals surface area (Å²) in [6, 6.07) is 15.8. The first-order valence-electron chi connectivity index (χ1n) is 10.7. The van der Waals surface area contributed by atoms with Gasteiger partial charge in [0.05, 0.1) is 19.0 Å². The molecular weight excluding hydrogens is 424 g/mol. The van der Waals surface area contributed by atoms with Crippen LogP contribution in [0.25, 0.3) is 0 Å². The van der Waals surface area contributed by atoms with Crippen LogP contribution in [0.1, 0.15) is 55.1 Å². The number of carbonyl (C=O) groups is 4. The van der Waals surface area contributed by atoms with Crippen LogP contribution in [0.5, 0.6) is 0 Å². The quantitative estimate of drug-likeness (QED) is 0.342. The van der Waals surface area contributed by atoms with E-state index in [4.69, 9.17) is 9.47 Å². The average molecular weight is 455 g/mol. The monoisotopic (exact) mass is 454 g/mol. The fraction of sp³-hybridized carbons (Fsp3) is 0.360. The van der Waals surface area contributed by atoms with Gasteiger partial charge in [-0.3, -0.25) is 14.4 Å². The number of amides is 2. The Labute approximate surface area is 193 Å². The molecule has 8 heteroatoms. The number of carbonyl (C=O) groups excluding carboxylic acids is 4. The molecule has 8 nitrogen and oxygen atoms in total. The standard InChI is InChI=1S/C25H30N2O6/c1-17(19-11-8-12-20(15-19)22(29)18-9-6-5-7-10-18)23(30)32-14-13-26-21(28)16-27-24(31)33-25(2,3)4/h5-12,15,17H,13-14,16H2,1-4H3,(H,26,28)(H,27,31). The van der Waals surface area contributed by atoms with Crippen LogP contribution >= 0.6 is 0 Å². The van der Waals surface area contributed by atoms with Gasteiger partial charge in [-0.1, -0.05) is 48.5 Å². The third-order valence-corrected chi connectivity index (χ3v) is 4.50. The van der Waals surface area contributed by atoms with Crippen LogP contribution in [0, 0.1) is 0 Å². The summed E-state index contributed by atoms with van der Waals surface area (Å²) in [5, 5.41) is 4.89. The largest absolute Gasteiger partial charge is 0.463 e. The molecule has 2 aromatic rings. The molecule has 2 aromatic carbocycles. The molecule has 0 spiro atoms. The minimum absolute atomic E-state index is 0.0238. The van der Waals surface area contributed by atoms with Gasteiger partial charge in [0, 0.05) is 11.1 Å². The zero-order valence-electron chi connectivity index (χ0n) is 19.3. The zero-order valence-corrected chi connectivity index (χ0v) is 19.3. The molecule has 2 amide bonds. The Morgan fingerprint density at radius 3 is 2.24 bits per heavy atom. The molecule has 0 aliphatic heterocycles. The lowest BCUT2D eigenvalue weighted by molar-refractivity contribution is -0.145. The second-order valence-corrected chi connectivity index (χ2v) is 8.42. The molecule has 33 heavy (non-hydrogen) atoms. The Balaban J connectivity index is 1.78. The first kappa shape index (κ1) is 25.6. The molecule has 0 radical (unpaired) electrons. The van der Waals surface area contributed by atoms with E-state index in [1.807, 2.05) is 6.07 Å². The first-order valence-corrected chi connectivity index (χ1v) is 10.7. The summed E-state index contributed by atoms with van der Waals surface area (Å²) >= 11 is 0. The lowest BCUT2D eigenvalue weighted by Gasteiger charge is -2.19. The smallest absolute Gasteiger partial charge is 0.408 e. The number of alkyl carbamates (subject to hydrolysis) is 1. The molecular formula is C25H30N2O6. The average Bonchev–Trinajstić information content (AvgIpc) is 2.79. The van der Waals surface area contributed by atoms with E-state index in [-0.39, 0.29) is 25.5 Å². The molecule has 0 saturated heterocycles. The van der Waals surface area contributed by atoms with E-state index in [9.17, 15) is 19.2 Å². The third-order valence-electron chi connectivity index (χ3n) is 4.50. The van der Waals surface area contributed by atoms with Crippen LogP contribution < -0.4 is 10.6 Å². The molecule has 0 aromatic heterocycles. The summed E-state index contributed by atoms with van der Waals surface area (Å²) < 4.78 is 10.3. The minimum atomic E-state index is -0.689. The van der Waals surface area contributed by atoms with Gasteiger partial charge in [-0.05, 0) is 39.3 Å². The van der Waals surface area contributed by atoms with Crippen molar-refractivity contribution >= 4 is 23.8 Å². The summed E-state index contributed by atoms with van der Waals surface area (Å²) in [4.78, 5) is 48.3. The first-order chi connectivity index (χ1) is 15.6.